The minimum absolute atomic E-state index is 0.160. The Morgan fingerprint density at radius 2 is 1.82 bits per heavy atom. The zero-order chi connectivity index (χ0) is 27.5. The second-order valence-electron chi connectivity index (χ2n) is 9.11. The van der Waals surface area contributed by atoms with Crippen LogP contribution in [-0.4, -0.2) is 41.9 Å². The van der Waals surface area contributed by atoms with Gasteiger partial charge in [0.1, 0.15) is 24.2 Å². The van der Waals surface area contributed by atoms with Gasteiger partial charge in [-0.15, -0.1) is 0 Å². The number of benzene rings is 3. The number of anilines is 3. The van der Waals surface area contributed by atoms with E-state index < -0.39 is 18.0 Å². The molecule has 1 saturated heterocycles. The number of amides is 4. The third-order valence-corrected chi connectivity index (χ3v) is 6.53. The summed E-state index contributed by atoms with van der Waals surface area (Å²) in [6.45, 7) is 0.0513. The summed E-state index contributed by atoms with van der Waals surface area (Å²) in [5, 5.41) is 7.98. The van der Waals surface area contributed by atoms with Gasteiger partial charge in [0, 0.05) is 35.6 Å². The monoisotopic (exact) mass is 532 g/mol. The number of imide groups is 1. The minimum atomic E-state index is -0.742. The molecule has 4 amide bonds. The van der Waals surface area contributed by atoms with Crippen molar-refractivity contribution in [1.82, 2.24) is 10.2 Å². The lowest BCUT2D eigenvalue weighted by molar-refractivity contribution is -0.136. The minimum Gasteiger partial charge on any atom is -0.495 e. The van der Waals surface area contributed by atoms with Crippen molar-refractivity contribution in [2.75, 3.05) is 17.7 Å². The van der Waals surface area contributed by atoms with E-state index >= 15 is 0 Å². The van der Waals surface area contributed by atoms with E-state index in [1.54, 1.807) is 48.5 Å². The summed E-state index contributed by atoms with van der Waals surface area (Å²) < 4.78 is 24.3. The quantitative estimate of drug-likeness (QED) is 0.392. The Labute approximate surface area is 223 Å². The molecule has 3 N–H and O–H groups in total. The van der Waals surface area contributed by atoms with Gasteiger partial charge < -0.3 is 19.7 Å². The molecule has 2 heterocycles. The van der Waals surface area contributed by atoms with Gasteiger partial charge in [-0.25, -0.2) is 9.18 Å². The molecule has 0 radical (unpaired) electrons. The number of piperidine rings is 1. The van der Waals surface area contributed by atoms with Crippen LogP contribution in [0.2, 0.25) is 0 Å². The molecule has 11 heteroatoms. The van der Waals surface area contributed by atoms with Crippen LogP contribution in [0.3, 0.4) is 0 Å². The Bertz CT molecular complexity index is 1460. The number of carbonyl (C=O) groups is 4. The summed E-state index contributed by atoms with van der Waals surface area (Å²) in [5.41, 5.74) is 3.27. The highest BCUT2D eigenvalue weighted by atomic mass is 19.1. The molecular formula is C28H25FN4O6. The lowest BCUT2D eigenvalue weighted by atomic mass is 10.0. The zero-order valence-corrected chi connectivity index (χ0v) is 21.0. The lowest BCUT2D eigenvalue weighted by Crippen LogP contribution is -2.52. The second-order valence-corrected chi connectivity index (χ2v) is 9.11. The highest BCUT2D eigenvalue weighted by Crippen LogP contribution is 2.36. The SMILES string of the molecule is COc1c(COC(=O)Nc2ccc(Nc3cccc(F)c3)cc2)ccc2c1C(=O)N(C1CCC(=O)NC1=O)C2. The van der Waals surface area contributed by atoms with Gasteiger partial charge in [-0.2, -0.15) is 0 Å². The van der Waals surface area contributed by atoms with E-state index in [0.717, 1.165) is 0 Å². The van der Waals surface area contributed by atoms with Crippen LogP contribution in [0.1, 0.15) is 34.3 Å². The first-order chi connectivity index (χ1) is 18.8. The number of ether oxygens (including phenoxy) is 2. The number of nitrogens with zero attached hydrogens (tertiary/aromatic N) is 1. The first kappa shape index (κ1) is 25.7. The van der Waals surface area contributed by atoms with Crippen molar-refractivity contribution < 1.29 is 33.0 Å². The molecule has 0 aromatic heterocycles. The van der Waals surface area contributed by atoms with Crippen molar-refractivity contribution in [3.05, 3.63) is 83.2 Å². The maximum absolute atomic E-state index is 13.4. The van der Waals surface area contributed by atoms with Gasteiger partial charge in [0.05, 0.1) is 12.7 Å². The molecule has 3 aromatic rings. The number of fused-ring (bicyclic) bond motifs is 1. The largest absolute Gasteiger partial charge is 0.495 e. The topological polar surface area (TPSA) is 126 Å². The zero-order valence-electron chi connectivity index (χ0n) is 21.0. The molecule has 5 rings (SSSR count). The third kappa shape index (κ3) is 5.52. The Balaban J connectivity index is 1.21. The van der Waals surface area contributed by atoms with Crippen LogP contribution in [0, 0.1) is 5.82 Å². The normalized spacial score (nSPS) is 16.4. The maximum atomic E-state index is 13.4. The fourth-order valence-corrected chi connectivity index (χ4v) is 4.68. The second kappa shape index (κ2) is 10.8. The first-order valence-electron chi connectivity index (χ1n) is 12.2. The molecule has 10 nitrogen and oxygen atoms in total. The third-order valence-electron chi connectivity index (χ3n) is 6.53. The van der Waals surface area contributed by atoms with Gasteiger partial charge in [0.2, 0.25) is 11.8 Å². The molecular weight excluding hydrogens is 507 g/mol. The van der Waals surface area contributed by atoms with Crippen LogP contribution in [0.4, 0.5) is 26.2 Å². The van der Waals surface area contributed by atoms with Crippen LogP contribution >= 0.6 is 0 Å². The summed E-state index contributed by atoms with van der Waals surface area (Å²) in [6.07, 6.45) is -0.293. The molecule has 39 heavy (non-hydrogen) atoms. The summed E-state index contributed by atoms with van der Waals surface area (Å²) in [7, 11) is 1.42. The van der Waals surface area contributed by atoms with Gasteiger partial charge in [-0.3, -0.25) is 25.0 Å². The van der Waals surface area contributed by atoms with Gasteiger partial charge in [-0.1, -0.05) is 18.2 Å². The average Bonchev–Trinajstić information content (AvgIpc) is 3.24. The Morgan fingerprint density at radius 1 is 1.05 bits per heavy atom. The highest BCUT2D eigenvalue weighted by molar-refractivity contribution is 6.06. The number of hydrogen-bond donors (Lipinski definition) is 3. The number of carbonyl (C=O) groups excluding carboxylic acids is 4. The van der Waals surface area contributed by atoms with E-state index in [9.17, 15) is 23.6 Å². The Hall–Kier alpha value is -4.93. The predicted octanol–water partition coefficient (Wildman–Crippen LogP) is 4.09. The molecule has 1 fully saturated rings. The van der Waals surface area contributed by atoms with Crippen molar-refractivity contribution in [1.29, 1.82) is 0 Å². The molecule has 2 aliphatic heterocycles. The summed E-state index contributed by atoms with van der Waals surface area (Å²) in [4.78, 5) is 50.9. The van der Waals surface area contributed by atoms with Crippen LogP contribution < -0.4 is 20.7 Å². The van der Waals surface area contributed by atoms with Crippen molar-refractivity contribution in [3.63, 3.8) is 0 Å². The Kier molecular flexibility index (Phi) is 7.13. The molecule has 1 atom stereocenters. The van der Waals surface area contributed by atoms with E-state index in [4.69, 9.17) is 9.47 Å². The fraction of sp³-hybridized carbons (Fsp3) is 0.214. The van der Waals surface area contributed by atoms with Gasteiger partial charge in [-0.05, 0) is 54.4 Å². The van der Waals surface area contributed by atoms with E-state index in [1.807, 2.05) is 0 Å². The number of halogens is 1. The van der Waals surface area contributed by atoms with E-state index in [-0.39, 0.29) is 49.4 Å². The van der Waals surface area contributed by atoms with Crippen LogP contribution in [-0.2, 0) is 27.5 Å². The van der Waals surface area contributed by atoms with Crippen molar-refractivity contribution in [2.24, 2.45) is 0 Å². The van der Waals surface area contributed by atoms with Gasteiger partial charge in [0.15, 0.2) is 0 Å². The van der Waals surface area contributed by atoms with Gasteiger partial charge >= 0.3 is 6.09 Å². The standard InChI is InChI=1S/C28H25FN4O6/c1-38-25-17(6-5-16-14-33(27(36)24(16)25)22-11-12-23(34)32-26(22)35)15-39-28(37)31-20-9-7-19(8-10-20)30-21-4-2-3-18(29)13-21/h2-10,13,22,30H,11-12,14-15H2,1H3,(H,31,37)(H,32,34,35). The predicted molar refractivity (Wildman–Crippen MR) is 139 cm³/mol. The summed E-state index contributed by atoms with van der Waals surface area (Å²) >= 11 is 0. The summed E-state index contributed by atoms with van der Waals surface area (Å²) in [5.74, 6) is -1.31. The maximum Gasteiger partial charge on any atom is 0.411 e. The van der Waals surface area contributed by atoms with Crippen LogP contribution in [0.5, 0.6) is 5.75 Å². The molecule has 0 spiro atoms. The summed E-state index contributed by atoms with van der Waals surface area (Å²) in [6, 6.07) is 15.6. The van der Waals surface area contributed by atoms with Crippen molar-refractivity contribution in [2.45, 2.75) is 32.0 Å². The fourth-order valence-electron chi connectivity index (χ4n) is 4.68. The average molecular weight is 533 g/mol. The lowest BCUT2D eigenvalue weighted by Gasteiger charge is -2.29. The van der Waals surface area contributed by atoms with Crippen LogP contribution in [0.15, 0.2) is 60.7 Å². The molecule has 200 valence electrons. The molecule has 0 aliphatic carbocycles. The molecule has 0 bridgehead atoms. The number of methoxy groups -OCH3 is 1. The highest BCUT2D eigenvalue weighted by Gasteiger charge is 2.41. The first-order valence-corrected chi connectivity index (χ1v) is 12.2. The van der Waals surface area contributed by atoms with Gasteiger partial charge in [0.25, 0.3) is 5.91 Å². The number of rotatable bonds is 7. The van der Waals surface area contributed by atoms with E-state index in [1.165, 1.54) is 24.1 Å². The Morgan fingerprint density at radius 3 is 2.54 bits per heavy atom. The molecule has 1 unspecified atom stereocenters. The molecule has 3 aromatic carbocycles. The van der Waals surface area contributed by atoms with E-state index in [2.05, 4.69) is 16.0 Å². The molecule has 0 saturated carbocycles. The number of nitrogens with one attached hydrogen (secondary N) is 3. The van der Waals surface area contributed by atoms with Crippen LogP contribution in [0.25, 0.3) is 0 Å². The smallest absolute Gasteiger partial charge is 0.411 e. The molecule has 2 aliphatic rings. The number of hydrogen-bond acceptors (Lipinski definition) is 7. The van der Waals surface area contributed by atoms with Crippen molar-refractivity contribution >= 4 is 40.9 Å². The van der Waals surface area contributed by atoms with E-state index in [0.29, 0.717) is 33.8 Å². The van der Waals surface area contributed by atoms with Crippen molar-refractivity contribution in [3.8, 4) is 5.75 Å².